The third kappa shape index (κ3) is 4.23. The molecule has 0 spiro atoms. The highest BCUT2D eigenvalue weighted by atomic mass is 32.1. The minimum Gasteiger partial charge on any atom is -0.346 e. The monoisotopic (exact) mass is 416 g/mol. The van der Waals surface area contributed by atoms with Crippen molar-refractivity contribution in [3.8, 4) is 21.8 Å². The van der Waals surface area contributed by atoms with Gasteiger partial charge in [-0.2, -0.15) is 0 Å². The first-order valence-electron chi connectivity index (χ1n) is 9.43. The van der Waals surface area contributed by atoms with E-state index in [4.69, 9.17) is 0 Å². The maximum Gasteiger partial charge on any atom is 0.282 e. The molecule has 30 heavy (non-hydrogen) atoms. The Bertz CT molecular complexity index is 1220. The van der Waals surface area contributed by atoms with Crippen molar-refractivity contribution in [2.24, 2.45) is 0 Å². The van der Waals surface area contributed by atoms with Gasteiger partial charge in [0.15, 0.2) is 0 Å². The summed E-state index contributed by atoms with van der Waals surface area (Å²) in [6, 6.07) is 9.75. The van der Waals surface area contributed by atoms with Crippen molar-refractivity contribution < 1.29 is 4.79 Å². The van der Waals surface area contributed by atoms with Crippen LogP contribution in [-0.4, -0.2) is 31.1 Å². The fourth-order valence-corrected chi connectivity index (χ4v) is 3.95. The van der Waals surface area contributed by atoms with Gasteiger partial charge in [-0.05, 0) is 56.2 Å². The summed E-state index contributed by atoms with van der Waals surface area (Å²) in [6.45, 7) is 6.24. The van der Waals surface area contributed by atoms with Gasteiger partial charge in [-0.15, -0.1) is 10.2 Å². The van der Waals surface area contributed by atoms with Crippen molar-refractivity contribution >= 4 is 17.2 Å². The molecule has 0 aliphatic heterocycles. The normalized spacial score (nSPS) is 10.8. The molecule has 0 fully saturated rings. The average Bonchev–Trinajstić information content (AvgIpc) is 3.22. The number of nitrogens with zero attached hydrogens (tertiary/aromatic N) is 5. The molecule has 0 aliphatic carbocycles. The zero-order valence-corrected chi connectivity index (χ0v) is 17.7. The van der Waals surface area contributed by atoms with Crippen molar-refractivity contribution in [1.82, 2.24) is 30.5 Å². The lowest BCUT2D eigenvalue weighted by atomic mass is 10.1. The van der Waals surface area contributed by atoms with E-state index in [1.165, 1.54) is 11.3 Å². The number of pyridine rings is 3. The summed E-state index contributed by atoms with van der Waals surface area (Å²) in [5.41, 5.74) is 6.59. The topological polar surface area (TPSA) is 93.6 Å². The van der Waals surface area contributed by atoms with Gasteiger partial charge in [0.25, 0.3) is 5.91 Å². The van der Waals surface area contributed by atoms with Gasteiger partial charge in [0, 0.05) is 47.7 Å². The van der Waals surface area contributed by atoms with Crippen LogP contribution in [0, 0.1) is 20.8 Å². The van der Waals surface area contributed by atoms with Crippen molar-refractivity contribution in [3.05, 3.63) is 76.4 Å². The number of carbonyl (C=O) groups is 1. The number of amides is 1. The van der Waals surface area contributed by atoms with Crippen LogP contribution in [0.3, 0.4) is 0 Å². The van der Waals surface area contributed by atoms with Gasteiger partial charge in [-0.3, -0.25) is 19.7 Å². The Labute approximate surface area is 178 Å². The molecule has 8 heteroatoms. The summed E-state index contributed by atoms with van der Waals surface area (Å²) in [4.78, 5) is 25.6. The maximum atomic E-state index is 12.5. The van der Waals surface area contributed by atoms with Crippen LogP contribution in [0.2, 0.25) is 0 Å². The lowest BCUT2D eigenvalue weighted by Crippen LogP contribution is -2.22. The zero-order chi connectivity index (χ0) is 21.1. The molecular weight excluding hydrogens is 396 g/mol. The second-order valence-corrected chi connectivity index (χ2v) is 7.90. The first kappa shape index (κ1) is 19.8. The van der Waals surface area contributed by atoms with Gasteiger partial charge in [0.05, 0.1) is 5.69 Å². The lowest BCUT2D eigenvalue weighted by molar-refractivity contribution is 0.0949. The number of aromatic nitrogens is 5. The van der Waals surface area contributed by atoms with Gasteiger partial charge < -0.3 is 5.32 Å². The molecule has 1 amide bonds. The number of hydrogen-bond acceptors (Lipinski definition) is 7. The standard InChI is InChI=1S/C22H20N6OS/c1-13-9-16(11-25-19(13)17-6-8-23-14(2)10-17)12-26-20(29)22-28-27-21(30-22)18-5-4-7-24-15(18)3/h4-11H,12H2,1-3H3,(H,26,29). The second kappa shape index (κ2) is 8.46. The van der Waals surface area contributed by atoms with Crippen LogP contribution in [-0.2, 0) is 6.54 Å². The fourth-order valence-electron chi connectivity index (χ4n) is 3.12. The third-order valence-electron chi connectivity index (χ3n) is 4.61. The van der Waals surface area contributed by atoms with Gasteiger partial charge in [0.1, 0.15) is 5.01 Å². The van der Waals surface area contributed by atoms with E-state index < -0.39 is 0 Å². The van der Waals surface area contributed by atoms with Crippen molar-refractivity contribution in [2.45, 2.75) is 27.3 Å². The SMILES string of the molecule is Cc1cc(-c2ncc(CNC(=O)c3nnc(-c4cccnc4C)s3)cc2C)ccn1. The van der Waals surface area contributed by atoms with E-state index in [0.29, 0.717) is 16.6 Å². The van der Waals surface area contributed by atoms with Gasteiger partial charge in [0.2, 0.25) is 5.01 Å². The molecule has 4 aromatic rings. The van der Waals surface area contributed by atoms with Gasteiger partial charge in [-0.25, -0.2) is 0 Å². The Morgan fingerprint density at radius 3 is 2.67 bits per heavy atom. The van der Waals surface area contributed by atoms with Crippen molar-refractivity contribution in [3.63, 3.8) is 0 Å². The maximum absolute atomic E-state index is 12.5. The van der Waals surface area contributed by atoms with E-state index >= 15 is 0 Å². The van der Waals surface area contributed by atoms with Gasteiger partial charge in [-0.1, -0.05) is 17.4 Å². The highest BCUT2D eigenvalue weighted by Gasteiger charge is 2.15. The average molecular weight is 417 g/mol. The smallest absolute Gasteiger partial charge is 0.282 e. The van der Waals surface area contributed by atoms with E-state index in [-0.39, 0.29) is 5.91 Å². The molecule has 0 saturated carbocycles. The molecule has 4 heterocycles. The number of rotatable bonds is 5. The van der Waals surface area contributed by atoms with Crippen molar-refractivity contribution in [2.75, 3.05) is 0 Å². The molecule has 1 N–H and O–H groups in total. The molecule has 0 aliphatic rings. The third-order valence-corrected chi connectivity index (χ3v) is 5.57. The Kier molecular flexibility index (Phi) is 5.58. The summed E-state index contributed by atoms with van der Waals surface area (Å²) in [5.74, 6) is -0.258. The minimum atomic E-state index is -0.258. The molecule has 4 aromatic heterocycles. The Morgan fingerprint density at radius 2 is 1.90 bits per heavy atom. The fraction of sp³-hybridized carbons (Fsp3) is 0.182. The summed E-state index contributed by atoms with van der Waals surface area (Å²) < 4.78 is 0. The van der Waals surface area contributed by atoms with Crippen LogP contribution in [0.4, 0.5) is 0 Å². The molecule has 0 radical (unpaired) electrons. The van der Waals surface area contributed by atoms with E-state index in [2.05, 4.69) is 30.5 Å². The molecule has 0 aromatic carbocycles. The lowest BCUT2D eigenvalue weighted by Gasteiger charge is -2.09. The van der Waals surface area contributed by atoms with Crippen molar-refractivity contribution in [1.29, 1.82) is 0 Å². The van der Waals surface area contributed by atoms with E-state index in [0.717, 1.165) is 39.3 Å². The minimum absolute atomic E-state index is 0.258. The summed E-state index contributed by atoms with van der Waals surface area (Å²) in [5, 5.41) is 12.1. The molecule has 0 unspecified atom stereocenters. The first-order valence-corrected chi connectivity index (χ1v) is 10.2. The van der Waals surface area contributed by atoms with E-state index in [1.807, 2.05) is 51.1 Å². The predicted octanol–water partition coefficient (Wildman–Crippen LogP) is 3.91. The quantitative estimate of drug-likeness (QED) is 0.530. The molecule has 0 atom stereocenters. The molecule has 7 nitrogen and oxygen atoms in total. The number of nitrogens with one attached hydrogen (secondary N) is 1. The molecule has 150 valence electrons. The van der Waals surface area contributed by atoms with Crippen LogP contribution in [0.15, 0.2) is 48.9 Å². The zero-order valence-electron chi connectivity index (χ0n) is 16.9. The summed E-state index contributed by atoms with van der Waals surface area (Å²) in [7, 11) is 0. The van der Waals surface area contributed by atoms with Crippen LogP contribution < -0.4 is 5.32 Å². The Morgan fingerprint density at radius 1 is 1.03 bits per heavy atom. The highest BCUT2D eigenvalue weighted by molar-refractivity contribution is 7.16. The van der Waals surface area contributed by atoms with E-state index in [9.17, 15) is 4.79 Å². The Balaban J connectivity index is 1.44. The predicted molar refractivity (Wildman–Crippen MR) is 116 cm³/mol. The van der Waals surface area contributed by atoms with Crippen LogP contribution >= 0.6 is 11.3 Å². The molecule has 0 saturated heterocycles. The number of carbonyl (C=O) groups excluding carboxylic acids is 1. The summed E-state index contributed by atoms with van der Waals surface area (Å²) >= 11 is 1.25. The molecule has 4 rings (SSSR count). The Hall–Kier alpha value is -3.52. The second-order valence-electron chi connectivity index (χ2n) is 6.93. The summed E-state index contributed by atoms with van der Waals surface area (Å²) in [6.07, 6.45) is 5.29. The largest absolute Gasteiger partial charge is 0.346 e. The van der Waals surface area contributed by atoms with Gasteiger partial charge >= 0.3 is 0 Å². The van der Waals surface area contributed by atoms with Crippen LogP contribution in [0.25, 0.3) is 21.8 Å². The van der Waals surface area contributed by atoms with Crippen LogP contribution in [0.5, 0.6) is 0 Å². The first-order chi connectivity index (χ1) is 14.5. The highest BCUT2D eigenvalue weighted by Crippen LogP contribution is 2.25. The molecule has 0 bridgehead atoms. The number of hydrogen-bond donors (Lipinski definition) is 1. The number of aryl methyl sites for hydroxylation is 3. The molecular formula is C22H20N6OS. The van der Waals surface area contributed by atoms with E-state index in [1.54, 1.807) is 18.6 Å². The van der Waals surface area contributed by atoms with Crippen LogP contribution in [0.1, 0.15) is 32.3 Å².